The highest BCUT2D eigenvalue weighted by Gasteiger charge is 2.39. The summed E-state index contributed by atoms with van der Waals surface area (Å²) in [5, 5.41) is 4.79. The first-order valence-corrected chi connectivity index (χ1v) is 5.80. The van der Waals surface area contributed by atoms with Crippen molar-refractivity contribution < 1.29 is 9.18 Å². The molecule has 2 aliphatic heterocycles. The highest BCUT2D eigenvalue weighted by Crippen LogP contribution is 2.28. The predicted molar refractivity (Wildman–Crippen MR) is 60.4 cm³/mol. The lowest BCUT2D eigenvalue weighted by molar-refractivity contribution is -0.128. The van der Waals surface area contributed by atoms with Gasteiger partial charge in [0.05, 0.1) is 0 Å². The lowest BCUT2D eigenvalue weighted by Gasteiger charge is -2.28. The van der Waals surface area contributed by atoms with Crippen molar-refractivity contribution in [1.82, 2.24) is 15.8 Å². The Hall–Kier alpha value is -1.46. The highest BCUT2D eigenvalue weighted by atomic mass is 19.1. The number of rotatable bonds is 1. The van der Waals surface area contributed by atoms with Gasteiger partial charge in [-0.1, -0.05) is 12.1 Å². The van der Waals surface area contributed by atoms with E-state index in [1.807, 2.05) is 11.1 Å². The molecule has 3 rings (SSSR count). The van der Waals surface area contributed by atoms with Crippen molar-refractivity contribution in [3.05, 3.63) is 35.6 Å². The van der Waals surface area contributed by atoms with Crippen LogP contribution in [0.5, 0.6) is 0 Å². The minimum atomic E-state index is -0.237. The second-order valence-corrected chi connectivity index (χ2v) is 4.47. The molecule has 2 unspecified atom stereocenters. The number of fused-ring (bicyclic) bond motifs is 1. The van der Waals surface area contributed by atoms with Gasteiger partial charge in [-0.2, -0.15) is 0 Å². The summed E-state index contributed by atoms with van der Waals surface area (Å²) in [6, 6.07) is 6.43. The van der Waals surface area contributed by atoms with E-state index in [2.05, 4.69) is 10.7 Å². The number of piperazine rings is 1. The zero-order valence-electron chi connectivity index (χ0n) is 9.32. The first kappa shape index (κ1) is 10.7. The van der Waals surface area contributed by atoms with Crippen molar-refractivity contribution in [2.45, 2.75) is 18.5 Å². The molecule has 2 heterocycles. The first-order chi connectivity index (χ1) is 8.24. The maximum absolute atomic E-state index is 13.1. The van der Waals surface area contributed by atoms with Gasteiger partial charge in [-0.25, -0.2) is 14.8 Å². The fourth-order valence-electron chi connectivity index (χ4n) is 2.51. The number of nitrogens with zero attached hydrogens (tertiary/aromatic N) is 1. The monoisotopic (exact) mass is 235 g/mol. The first-order valence-electron chi connectivity index (χ1n) is 5.80. The van der Waals surface area contributed by atoms with E-state index in [1.165, 1.54) is 12.1 Å². The summed E-state index contributed by atoms with van der Waals surface area (Å²) in [6.45, 7) is 1.46. The van der Waals surface area contributed by atoms with Gasteiger partial charge in [0.15, 0.2) is 0 Å². The van der Waals surface area contributed by atoms with Crippen LogP contribution >= 0.6 is 0 Å². The third kappa shape index (κ3) is 1.92. The number of hydrogen-bond donors (Lipinski definition) is 2. The molecule has 0 bridgehead atoms. The molecule has 2 saturated heterocycles. The largest absolute Gasteiger partial charge is 0.353 e. The third-order valence-corrected chi connectivity index (χ3v) is 3.36. The molecule has 0 aliphatic carbocycles. The lowest BCUT2D eigenvalue weighted by atomic mass is 10.0. The van der Waals surface area contributed by atoms with E-state index >= 15 is 0 Å². The van der Waals surface area contributed by atoms with Crippen LogP contribution in [0.1, 0.15) is 18.0 Å². The van der Waals surface area contributed by atoms with Crippen molar-refractivity contribution in [1.29, 1.82) is 0 Å². The molecule has 2 fully saturated rings. The van der Waals surface area contributed by atoms with Crippen LogP contribution in [0.2, 0.25) is 0 Å². The second-order valence-electron chi connectivity index (χ2n) is 4.47. The van der Waals surface area contributed by atoms with E-state index in [9.17, 15) is 9.18 Å². The van der Waals surface area contributed by atoms with Crippen LogP contribution in [0, 0.1) is 5.82 Å². The molecule has 17 heavy (non-hydrogen) atoms. The maximum atomic E-state index is 13.1. The molecule has 0 saturated carbocycles. The van der Waals surface area contributed by atoms with Gasteiger partial charge in [0.1, 0.15) is 11.9 Å². The van der Waals surface area contributed by atoms with Gasteiger partial charge in [-0.05, 0) is 24.1 Å². The number of amides is 1. The standard InChI is InChI=1S/C12H14FN3O/c13-9-3-1-2-8(6-9)10-7-11-12(17)14-4-5-16(11)15-10/h1-3,6,10-11,15H,4-5,7H2,(H,14,17). The Balaban J connectivity index is 1.81. The Kier molecular flexibility index (Phi) is 2.57. The molecule has 0 aromatic heterocycles. The summed E-state index contributed by atoms with van der Waals surface area (Å²) in [7, 11) is 0. The summed E-state index contributed by atoms with van der Waals surface area (Å²) >= 11 is 0. The topological polar surface area (TPSA) is 44.4 Å². The number of nitrogens with one attached hydrogen (secondary N) is 2. The van der Waals surface area contributed by atoms with Crippen LogP contribution in [0.25, 0.3) is 0 Å². The Morgan fingerprint density at radius 2 is 2.29 bits per heavy atom. The van der Waals surface area contributed by atoms with Crippen LogP contribution in [-0.4, -0.2) is 30.0 Å². The van der Waals surface area contributed by atoms with Crippen molar-refractivity contribution in [3.63, 3.8) is 0 Å². The molecule has 4 nitrogen and oxygen atoms in total. The molecule has 5 heteroatoms. The summed E-state index contributed by atoms with van der Waals surface area (Å²) in [5.74, 6) is -0.179. The molecule has 2 aliphatic rings. The van der Waals surface area contributed by atoms with Gasteiger partial charge in [-0.15, -0.1) is 0 Å². The quantitative estimate of drug-likeness (QED) is 0.748. The number of carbonyl (C=O) groups excluding carboxylic acids is 1. The molecule has 2 N–H and O–H groups in total. The summed E-state index contributed by atoms with van der Waals surface area (Å²) < 4.78 is 13.1. The zero-order valence-corrected chi connectivity index (χ0v) is 9.32. The average Bonchev–Trinajstić information content (AvgIpc) is 2.74. The van der Waals surface area contributed by atoms with Crippen molar-refractivity contribution >= 4 is 5.91 Å². The minimum Gasteiger partial charge on any atom is -0.353 e. The van der Waals surface area contributed by atoms with Gasteiger partial charge >= 0.3 is 0 Å². The molecular formula is C12H14FN3O. The fraction of sp³-hybridized carbons (Fsp3) is 0.417. The number of halogens is 1. The van der Waals surface area contributed by atoms with E-state index in [4.69, 9.17) is 0 Å². The lowest BCUT2D eigenvalue weighted by Crippen LogP contribution is -2.54. The SMILES string of the molecule is O=C1NCCN2NC(c3cccc(F)c3)CC12. The van der Waals surface area contributed by atoms with Crippen LogP contribution in [0.3, 0.4) is 0 Å². The Bertz CT molecular complexity index is 451. The van der Waals surface area contributed by atoms with E-state index in [1.54, 1.807) is 6.07 Å². The van der Waals surface area contributed by atoms with Crippen molar-refractivity contribution in [2.75, 3.05) is 13.1 Å². The fourth-order valence-corrected chi connectivity index (χ4v) is 2.51. The summed E-state index contributed by atoms with van der Waals surface area (Å²) in [6.07, 6.45) is 0.690. The molecule has 90 valence electrons. The predicted octanol–water partition coefficient (Wildman–Crippen LogP) is 0.576. The highest BCUT2D eigenvalue weighted by molar-refractivity contribution is 5.82. The zero-order chi connectivity index (χ0) is 11.8. The summed E-state index contributed by atoms with van der Waals surface area (Å²) in [5.41, 5.74) is 4.17. The Labute approximate surface area is 98.8 Å². The molecule has 1 aromatic carbocycles. The molecule has 1 aromatic rings. The van der Waals surface area contributed by atoms with Gasteiger partial charge in [0.25, 0.3) is 0 Å². The molecule has 0 spiro atoms. The molecule has 2 atom stereocenters. The number of carbonyl (C=O) groups is 1. The van der Waals surface area contributed by atoms with Gasteiger partial charge in [0, 0.05) is 19.1 Å². The number of benzene rings is 1. The third-order valence-electron chi connectivity index (χ3n) is 3.36. The van der Waals surface area contributed by atoms with Gasteiger partial charge in [0.2, 0.25) is 5.91 Å². The van der Waals surface area contributed by atoms with E-state index in [0.29, 0.717) is 13.0 Å². The summed E-state index contributed by atoms with van der Waals surface area (Å²) in [4.78, 5) is 11.7. The normalized spacial score (nSPS) is 28.9. The van der Waals surface area contributed by atoms with Crippen LogP contribution < -0.4 is 10.7 Å². The number of hydrogen-bond acceptors (Lipinski definition) is 3. The van der Waals surface area contributed by atoms with E-state index < -0.39 is 0 Å². The van der Waals surface area contributed by atoms with Gasteiger partial charge in [-0.3, -0.25) is 4.79 Å². The number of hydrazine groups is 1. The van der Waals surface area contributed by atoms with Crippen molar-refractivity contribution in [3.8, 4) is 0 Å². The van der Waals surface area contributed by atoms with Crippen molar-refractivity contribution in [2.24, 2.45) is 0 Å². The maximum Gasteiger partial charge on any atom is 0.238 e. The molecular weight excluding hydrogens is 221 g/mol. The van der Waals surface area contributed by atoms with Gasteiger partial charge < -0.3 is 5.32 Å². The van der Waals surface area contributed by atoms with E-state index in [0.717, 1.165) is 12.1 Å². The smallest absolute Gasteiger partial charge is 0.238 e. The molecule has 1 amide bonds. The van der Waals surface area contributed by atoms with Crippen LogP contribution in [0.15, 0.2) is 24.3 Å². The molecule has 0 radical (unpaired) electrons. The van der Waals surface area contributed by atoms with Crippen LogP contribution in [0.4, 0.5) is 4.39 Å². The second kappa shape index (κ2) is 4.09. The average molecular weight is 235 g/mol. The Morgan fingerprint density at radius 1 is 1.41 bits per heavy atom. The Morgan fingerprint density at radius 3 is 3.06 bits per heavy atom. The minimum absolute atomic E-state index is 0.0274. The van der Waals surface area contributed by atoms with Crippen LogP contribution in [-0.2, 0) is 4.79 Å². The van der Waals surface area contributed by atoms with E-state index in [-0.39, 0.29) is 23.8 Å².